The number of nitrogen functional groups attached to an aromatic ring is 2. The quantitative estimate of drug-likeness (QED) is 0.0275. The summed E-state index contributed by atoms with van der Waals surface area (Å²) in [5.74, 6) is -3.53. The summed E-state index contributed by atoms with van der Waals surface area (Å²) in [7, 11) is 0. The number of hydrogen-bond donors (Lipinski definition) is 10. The normalized spacial score (nSPS) is 12.7. The van der Waals surface area contributed by atoms with Crippen LogP contribution in [0.25, 0.3) is 0 Å². The van der Waals surface area contributed by atoms with Gasteiger partial charge in [-0.15, -0.1) is 0 Å². The highest BCUT2D eigenvalue weighted by molar-refractivity contribution is 6.31. The van der Waals surface area contributed by atoms with E-state index in [1.807, 2.05) is 18.2 Å². The number of nitrogens with two attached hydrogens (primary N) is 2. The molecule has 3 heterocycles. The number of carbonyl (C=O) groups is 5. The first-order valence-electron chi connectivity index (χ1n) is 25.0. The molecule has 0 radical (unpaired) electrons. The van der Waals surface area contributed by atoms with Crippen molar-refractivity contribution in [1.82, 2.24) is 29.9 Å². The van der Waals surface area contributed by atoms with Crippen molar-refractivity contribution in [1.29, 1.82) is 0 Å². The van der Waals surface area contributed by atoms with Crippen LogP contribution in [0.2, 0.25) is 15.7 Å². The molecule has 0 saturated heterocycles. The van der Waals surface area contributed by atoms with Crippen molar-refractivity contribution in [2.45, 2.75) is 38.5 Å². The first-order valence-corrected chi connectivity index (χ1v) is 26.2. The molecule has 11 rings (SSSR count). The van der Waals surface area contributed by atoms with Gasteiger partial charge in [-0.25, -0.2) is 42.7 Å². The van der Waals surface area contributed by atoms with Gasteiger partial charge in [0.05, 0.1) is 63.8 Å². The summed E-state index contributed by atoms with van der Waals surface area (Å²) in [6.45, 7) is 0. The molecule has 428 valence electrons. The van der Waals surface area contributed by atoms with Gasteiger partial charge in [0.2, 0.25) is 34.2 Å². The van der Waals surface area contributed by atoms with Gasteiger partial charge in [0.15, 0.2) is 34.2 Å². The highest BCUT2D eigenvalue weighted by Crippen LogP contribution is 2.35. The number of aromatic carboxylic acids is 2. The van der Waals surface area contributed by atoms with E-state index in [0.717, 1.165) is 62.8 Å². The number of para-hydroxylation sites is 6. The molecule has 3 aliphatic carbocycles. The van der Waals surface area contributed by atoms with Crippen LogP contribution in [-0.2, 0) is 14.4 Å². The Morgan fingerprint density at radius 1 is 0.458 bits per heavy atom. The zero-order chi connectivity index (χ0) is 59.6. The lowest BCUT2D eigenvalue weighted by atomic mass is 10.2. The first kappa shape index (κ1) is 61.0. The molecule has 0 spiro atoms. The molecule has 3 amide bonds. The lowest BCUT2D eigenvalue weighted by Crippen LogP contribution is -2.14. The maximum absolute atomic E-state index is 14.3. The minimum Gasteiger partial charge on any atom is -0.478 e. The lowest BCUT2D eigenvalue weighted by molar-refractivity contribution is -0.118. The van der Waals surface area contributed by atoms with E-state index in [1.54, 1.807) is 78.9 Å². The van der Waals surface area contributed by atoms with Crippen molar-refractivity contribution in [2.75, 3.05) is 43.4 Å². The Hall–Kier alpha value is -9.65. The van der Waals surface area contributed by atoms with Crippen LogP contribution >= 0.6 is 34.8 Å². The molecule has 83 heavy (non-hydrogen) atoms. The molecule has 3 aliphatic rings. The molecule has 5 aromatic carbocycles. The average Bonchev–Trinajstić information content (AvgIpc) is 4.40. The number of hydrogen-bond acceptors (Lipinski definition) is 16. The summed E-state index contributed by atoms with van der Waals surface area (Å²) in [5.41, 5.74) is 16.0. The van der Waals surface area contributed by atoms with Crippen molar-refractivity contribution in [2.24, 2.45) is 17.8 Å². The molecule has 0 atom stereocenters. The minimum atomic E-state index is -1.03. The topological polar surface area (TPSA) is 327 Å². The number of nitrogens with zero attached hydrogens (tertiary/aromatic N) is 6. The molecule has 21 nitrogen and oxygen atoms in total. The van der Waals surface area contributed by atoms with E-state index in [-0.39, 0.29) is 79.9 Å². The maximum atomic E-state index is 14.3. The van der Waals surface area contributed by atoms with Gasteiger partial charge in [0.25, 0.3) is 0 Å². The van der Waals surface area contributed by atoms with Crippen LogP contribution in [0.4, 0.5) is 76.3 Å². The highest BCUT2D eigenvalue weighted by atomic mass is 35.5. The monoisotopic (exact) mass is 1190 g/mol. The SMILES string of the molecule is Fc1cnc(Cl)nc1Cl.Nc1ccc(C(=O)O)cc1.Nc1ccccc1NC(=O)C1CC1.O=C(Nc1ccccc1Nc1nc(Cl)ncc1F)C1CC1.O=C(O)c1ccc(Nc2ncc(F)c(Nc3ccccc3NC(=O)C3CC3)n2)cc1. The molecule has 12 N–H and O–H groups in total. The van der Waals surface area contributed by atoms with Crippen molar-refractivity contribution in [3.8, 4) is 0 Å². The summed E-state index contributed by atoms with van der Waals surface area (Å²) in [6.07, 6.45) is 8.54. The van der Waals surface area contributed by atoms with Gasteiger partial charge in [0, 0.05) is 29.1 Å². The molecular weight excluding hydrogens is 1140 g/mol. The van der Waals surface area contributed by atoms with Crippen molar-refractivity contribution < 1.29 is 47.4 Å². The Morgan fingerprint density at radius 3 is 1.28 bits per heavy atom. The number of benzene rings is 5. The predicted molar refractivity (Wildman–Crippen MR) is 310 cm³/mol. The van der Waals surface area contributed by atoms with Crippen LogP contribution in [0.3, 0.4) is 0 Å². The van der Waals surface area contributed by atoms with Crippen molar-refractivity contribution in [3.05, 3.63) is 184 Å². The van der Waals surface area contributed by atoms with Crippen LogP contribution in [0.1, 0.15) is 59.2 Å². The second-order valence-corrected chi connectivity index (χ2v) is 19.2. The maximum Gasteiger partial charge on any atom is 0.335 e. The van der Waals surface area contributed by atoms with Crippen LogP contribution in [0.5, 0.6) is 0 Å². The summed E-state index contributed by atoms with van der Waals surface area (Å²) in [5, 5.41) is 34.1. The third kappa shape index (κ3) is 19.5. The standard InChI is InChI=1S/C21H18FN5O3.C14H12ClFN4O.C10H12N2O.C7H7NO2.C4HCl2FN2/c22-15-11-23-21(24-14-9-7-13(8-10-14)20(29)30)27-18(15)25-16-3-1-2-4-17(16)26-19(28)12-5-6-12;15-14-17-7-9(16)12(20-14)18-10-3-1-2-4-11(10)19-13(21)8-5-6-8;11-8-3-1-2-4-9(8)12-10(13)7-5-6-7;8-6-3-1-5(2-4-6)7(9)10;5-3-2(7)1-8-4(6)9-3/h1-4,7-12H,5-6H2,(H,26,28)(H,29,30)(H2,23,24,25,27);1-4,7-8H,5-6H2,(H,19,21)(H,17,18,20);1-4,7H,5-6,11H2,(H,12,13);1-4H,8H2,(H,9,10);1H. The summed E-state index contributed by atoms with van der Waals surface area (Å²) < 4.78 is 40.1. The summed E-state index contributed by atoms with van der Waals surface area (Å²) >= 11 is 16.1. The molecule has 27 heteroatoms. The van der Waals surface area contributed by atoms with Gasteiger partial charge in [0.1, 0.15) is 0 Å². The van der Waals surface area contributed by atoms with Gasteiger partial charge in [-0.3, -0.25) is 14.4 Å². The van der Waals surface area contributed by atoms with Gasteiger partial charge in [-0.05, 0) is 147 Å². The number of anilines is 11. The van der Waals surface area contributed by atoms with E-state index in [2.05, 4.69) is 61.8 Å². The molecule has 3 fully saturated rings. The Labute approximate surface area is 486 Å². The van der Waals surface area contributed by atoms with E-state index in [1.165, 1.54) is 24.3 Å². The molecule has 0 unspecified atom stereocenters. The second kappa shape index (κ2) is 29.2. The third-order valence-corrected chi connectivity index (χ3v) is 12.2. The number of aromatic nitrogens is 6. The Balaban J connectivity index is 0.000000162. The van der Waals surface area contributed by atoms with E-state index in [4.69, 9.17) is 56.5 Å². The van der Waals surface area contributed by atoms with Crippen LogP contribution < -0.4 is 43.4 Å². The lowest BCUT2D eigenvalue weighted by Gasteiger charge is -2.14. The fourth-order valence-electron chi connectivity index (χ4n) is 6.73. The smallest absolute Gasteiger partial charge is 0.335 e. The number of halogens is 6. The Bertz CT molecular complexity index is 3600. The van der Waals surface area contributed by atoms with Crippen molar-refractivity contribution >= 4 is 128 Å². The number of carboxylic acids is 2. The predicted octanol–water partition coefficient (Wildman–Crippen LogP) is 12.0. The fourth-order valence-corrected chi connectivity index (χ4v) is 7.17. The van der Waals surface area contributed by atoms with Gasteiger partial charge >= 0.3 is 11.9 Å². The van der Waals surface area contributed by atoms with Crippen LogP contribution in [-0.4, -0.2) is 69.8 Å². The Kier molecular flexibility index (Phi) is 21.4. The first-order chi connectivity index (χ1) is 39.8. The molecule has 3 aromatic heterocycles. The zero-order valence-corrected chi connectivity index (χ0v) is 45.6. The molecule has 0 aliphatic heterocycles. The van der Waals surface area contributed by atoms with E-state index in [9.17, 15) is 37.1 Å². The molecular formula is C56H50Cl3F3N14O7. The van der Waals surface area contributed by atoms with Gasteiger partial charge < -0.3 is 53.6 Å². The van der Waals surface area contributed by atoms with Crippen LogP contribution in [0, 0.1) is 35.2 Å². The van der Waals surface area contributed by atoms with E-state index < -0.39 is 29.4 Å². The summed E-state index contributed by atoms with van der Waals surface area (Å²) in [6, 6.07) is 33.4. The Morgan fingerprint density at radius 2 is 0.843 bits per heavy atom. The minimum absolute atomic E-state index is 0.0227. The van der Waals surface area contributed by atoms with Crippen LogP contribution in [0.15, 0.2) is 140 Å². The van der Waals surface area contributed by atoms with E-state index >= 15 is 0 Å². The fraction of sp³-hybridized carbons (Fsp3) is 0.161. The third-order valence-electron chi connectivity index (χ3n) is 11.6. The van der Waals surface area contributed by atoms with Gasteiger partial charge in [-0.1, -0.05) is 48.0 Å². The second-order valence-electron chi connectivity index (χ2n) is 18.2. The van der Waals surface area contributed by atoms with Crippen molar-refractivity contribution in [3.63, 3.8) is 0 Å². The number of nitrogens with one attached hydrogen (secondary N) is 6. The number of carbonyl (C=O) groups excluding carboxylic acids is 3. The largest absolute Gasteiger partial charge is 0.478 e. The summed E-state index contributed by atoms with van der Waals surface area (Å²) in [4.78, 5) is 78.6. The molecule has 3 saturated carbocycles. The molecule has 0 bridgehead atoms. The number of amides is 3. The van der Waals surface area contributed by atoms with Gasteiger partial charge in [-0.2, -0.15) is 9.97 Å². The van der Waals surface area contributed by atoms with E-state index in [0.29, 0.717) is 39.8 Å². The highest BCUT2D eigenvalue weighted by Gasteiger charge is 2.31. The zero-order valence-electron chi connectivity index (χ0n) is 43.3. The average molecular weight is 1190 g/mol. The number of carboxylic acid groups (broad SMARTS) is 2. The number of rotatable bonds is 14. The molecule has 8 aromatic rings.